The van der Waals surface area contributed by atoms with E-state index in [0.717, 1.165) is 0 Å². The molecule has 0 fully saturated rings. The number of amides is 2. The van der Waals surface area contributed by atoms with Gasteiger partial charge in [-0.1, -0.05) is 13.8 Å². The quantitative estimate of drug-likeness (QED) is 0.745. The molecule has 0 aliphatic heterocycles. The van der Waals surface area contributed by atoms with E-state index in [1.54, 1.807) is 43.5 Å². The number of rotatable bonds is 6. The minimum absolute atomic E-state index is 0.0936. The van der Waals surface area contributed by atoms with Gasteiger partial charge in [0.15, 0.2) is 0 Å². The maximum atomic E-state index is 12.5. The van der Waals surface area contributed by atoms with E-state index < -0.39 is 6.04 Å². The van der Waals surface area contributed by atoms with Crippen LogP contribution < -0.4 is 21.1 Å². The SMILES string of the molecule is COc1ccc(C(=O)NC(C(=O)Nc2ccc(N)nc2)C(C)C)cc1. The number of carbonyl (C=O) groups excluding carboxylic acids is 2. The van der Waals surface area contributed by atoms with E-state index in [2.05, 4.69) is 15.6 Å². The average Bonchev–Trinajstić information content (AvgIpc) is 2.61. The molecule has 7 heteroatoms. The topological polar surface area (TPSA) is 106 Å². The first-order valence-electron chi connectivity index (χ1n) is 7.88. The summed E-state index contributed by atoms with van der Waals surface area (Å²) in [6.07, 6.45) is 1.47. The molecular weight excluding hydrogens is 320 g/mol. The number of ether oxygens (including phenoxy) is 1. The second-order valence-corrected chi connectivity index (χ2v) is 5.88. The molecule has 1 aromatic carbocycles. The number of methoxy groups -OCH3 is 1. The molecule has 0 spiro atoms. The molecule has 4 N–H and O–H groups in total. The molecule has 0 bridgehead atoms. The number of anilines is 2. The van der Waals surface area contributed by atoms with Gasteiger partial charge in [0.05, 0.1) is 19.0 Å². The lowest BCUT2D eigenvalue weighted by Crippen LogP contribution is -2.47. The molecular formula is C18H22N4O3. The zero-order valence-electron chi connectivity index (χ0n) is 14.4. The number of aromatic nitrogens is 1. The fourth-order valence-corrected chi connectivity index (χ4v) is 2.20. The van der Waals surface area contributed by atoms with Crippen LogP contribution in [0.1, 0.15) is 24.2 Å². The molecule has 1 aromatic heterocycles. The summed E-state index contributed by atoms with van der Waals surface area (Å²) in [4.78, 5) is 28.8. The smallest absolute Gasteiger partial charge is 0.251 e. The van der Waals surface area contributed by atoms with Crippen LogP contribution in [0, 0.1) is 5.92 Å². The van der Waals surface area contributed by atoms with E-state index >= 15 is 0 Å². The van der Waals surface area contributed by atoms with E-state index in [1.165, 1.54) is 6.20 Å². The molecule has 0 saturated heterocycles. The monoisotopic (exact) mass is 342 g/mol. The largest absolute Gasteiger partial charge is 0.497 e. The maximum absolute atomic E-state index is 12.5. The van der Waals surface area contributed by atoms with Crippen molar-refractivity contribution in [2.75, 3.05) is 18.2 Å². The molecule has 132 valence electrons. The Hall–Kier alpha value is -3.09. The van der Waals surface area contributed by atoms with Crippen molar-refractivity contribution in [2.24, 2.45) is 5.92 Å². The highest BCUT2D eigenvalue weighted by atomic mass is 16.5. The summed E-state index contributed by atoms with van der Waals surface area (Å²) in [6.45, 7) is 3.72. The summed E-state index contributed by atoms with van der Waals surface area (Å²) >= 11 is 0. The first-order chi connectivity index (χ1) is 11.9. The van der Waals surface area contributed by atoms with Crippen LogP contribution in [-0.2, 0) is 4.79 Å². The first kappa shape index (κ1) is 18.3. The van der Waals surface area contributed by atoms with E-state index in [-0.39, 0.29) is 17.7 Å². The highest BCUT2D eigenvalue weighted by molar-refractivity contribution is 6.01. The van der Waals surface area contributed by atoms with E-state index in [1.807, 2.05) is 13.8 Å². The van der Waals surface area contributed by atoms with Crippen molar-refractivity contribution in [3.05, 3.63) is 48.2 Å². The van der Waals surface area contributed by atoms with E-state index in [9.17, 15) is 9.59 Å². The van der Waals surface area contributed by atoms with Crippen molar-refractivity contribution in [3.8, 4) is 5.75 Å². The lowest BCUT2D eigenvalue weighted by Gasteiger charge is -2.21. The minimum Gasteiger partial charge on any atom is -0.497 e. The molecule has 7 nitrogen and oxygen atoms in total. The fraction of sp³-hybridized carbons (Fsp3) is 0.278. The van der Waals surface area contributed by atoms with Crippen LogP contribution in [-0.4, -0.2) is 29.9 Å². The van der Waals surface area contributed by atoms with Gasteiger partial charge in [-0.2, -0.15) is 0 Å². The molecule has 1 atom stereocenters. The number of hydrogen-bond donors (Lipinski definition) is 3. The van der Waals surface area contributed by atoms with Crippen LogP contribution in [0.3, 0.4) is 0 Å². The van der Waals surface area contributed by atoms with E-state index in [4.69, 9.17) is 10.5 Å². The van der Waals surface area contributed by atoms with Gasteiger partial charge in [-0.05, 0) is 42.3 Å². The number of hydrogen-bond acceptors (Lipinski definition) is 5. The summed E-state index contributed by atoms with van der Waals surface area (Å²) < 4.78 is 5.07. The second kappa shape index (κ2) is 8.14. The summed E-state index contributed by atoms with van der Waals surface area (Å²) in [5.41, 5.74) is 6.50. The summed E-state index contributed by atoms with van der Waals surface area (Å²) in [7, 11) is 1.56. The molecule has 0 radical (unpaired) electrons. The van der Waals surface area contributed by atoms with Crippen molar-refractivity contribution in [2.45, 2.75) is 19.9 Å². The highest BCUT2D eigenvalue weighted by Crippen LogP contribution is 2.13. The number of nitrogens with two attached hydrogens (primary N) is 1. The molecule has 2 aromatic rings. The van der Waals surface area contributed by atoms with Crippen molar-refractivity contribution >= 4 is 23.3 Å². The minimum atomic E-state index is -0.688. The highest BCUT2D eigenvalue weighted by Gasteiger charge is 2.24. The maximum Gasteiger partial charge on any atom is 0.251 e. The summed E-state index contributed by atoms with van der Waals surface area (Å²) in [6, 6.07) is 9.24. The van der Waals surface area contributed by atoms with Crippen molar-refractivity contribution in [3.63, 3.8) is 0 Å². The standard InChI is InChI=1S/C18H22N4O3/c1-11(2)16(18(24)21-13-6-9-15(19)20-10-13)22-17(23)12-4-7-14(25-3)8-5-12/h4-11,16H,1-3H3,(H2,19,20)(H,21,24)(H,22,23). The Bertz CT molecular complexity index is 727. The van der Waals surface area contributed by atoms with Crippen LogP contribution in [0.2, 0.25) is 0 Å². The van der Waals surface area contributed by atoms with Gasteiger partial charge in [-0.25, -0.2) is 4.98 Å². The van der Waals surface area contributed by atoms with Gasteiger partial charge in [0.2, 0.25) is 5.91 Å². The molecule has 25 heavy (non-hydrogen) atoms. The Morgan fingerprint density at radius 3 is 2.32 bits per heavy atom. The molecule has 1 heterocycles. The van der Waals surface area contributed by atoms with Gasteiger partial charge >= 0.3 is 0 Å². The second-order valence-electron chi connectivity index (χ2n) is 5.88. The molecule has 2 amide bonds. The van der Waals surface area contributed by atoms with Gasteiger partial charge in [0.25, 0.3) is 5.91 Å². The molecule has 0 saturated carbocycles. The van der Waals surface area contributed by atoms with Gasteiger partial charge in [-0.3, -0.25) is 9.59 Å². The van der Waals surface area contributed by atoms with Crippen molar-refractivity contribution in [1.82, 2.24) is 10.3 Å². The third-order valence-corrected chi connectivity index (χ3v) is 3.64. The molecule has 1 unspecified atom stereocenters. The van der Waals surface area contributed by atoms with Crippen molar-refractivity contribution in [1.29, 1.82) is 0 Å². The number of nitrogens with zero attached hydrogens (tertiary/aromatic N) is 1. The van der Waals surface area contributed by atoms with Crippen LogP contribution >= 0.6 is 0 Å². The van der Waals surface area contributed by atoms with Crippen LogP contribution in [0.15, 0.2) is 42.6 Å². The molecule has 0 aliphatic carbocycles. The summed E-state index contributed by atoms with van der Waals surface area (Å²) in [5, 5.41) is 5.50. The van der Waals surface area contributed by atoms with Gasteiger partial charge in [0, 0.05) is 5.56 Å². The number of benzene rings is 1. The van der Waals surface area contributed by atoms with Crippen LogP contribution in [0.5, 0.6) is 5.75 Å². The van der Waals surface area contributed by atoms with Gasteiger partial charge < -0.3 is 21.1 Å². The molecule has 0 aliphatic rings. The average molecular weight is 342 g/mol. The molecule has 2 rings (SSSR count). The number of pyridine rings is 1. The van der Waals surface area contributed by atoms with E-state index in [0.29, 0.717) is 22.8 Å². The first-order valence-corrected chi connectivity index (χ1v) is 7.88. The predicted octanol–water partition coefficient (Wildman–Crippen LogP) is 2.07. The lowest BCUT2D eigenvalue weighted by atomic mass is 10.0. The zero-order chi connectivity index (χ0) is 18.4. The third kappa shape index (κ3) is 4.94. The fourth-order valence-electron chi connectivity index (χ4n) is 2.20. The Morgan fingerprint density at radius 2 is 1.80 bits per heavy atom. The Kier molecular flexibility index (Phi) is 5.94. The Balaban J connectivity index is 2.07. The number of nitrogen functional groups attached to an aromatic ring is 1. The normalized spacial score (nSPS) is 11.7. The lowest BCUT2D eigenvalue weighted by molar-refractivity contribution is -0.118. The van der Waals surface area contributed by atoms with Crippen LogP contribution in [0.4, 0.5) is 11.5 Å². The predicted molar refractivity (Wildman–Crippen MR) is 96.4 cm³/mol. The number of nitrogens with one attached hydrogen (secondary N) is 2. The van der Waals surface area contributed by atoms with Crippen LogP contribution in [0.25, 0.3) is 0 Å². The van der Waals surface area contributed by atoms with Crippen molar-refractivity contribution < 1.29 is 14.3 Å². The Morgan fingerprint density at radius 1 is 1.12 bits per heavy atom. The van der Waals surface area contributed by atoms with Gasteiger partial charge in [-0.15, -0.1) is 0 Å². The third-order valence-electron chi connectivity index (χ3n) is 3.64. The Labute approximate surface area is 146 Å². The van der Waals surface area contributed by atoms with Gasteiger partial charge in [0.1, 0.15) is 17.6 Å². The number of carbonyl (C=O) groups is 2. The summed E-state index contributed by atoms with van der Waals surface area (Å²) in [5.74, 6) is 0.288. The zero-order valence-corrected chi connectivity index (χ0v) is 14.4.